The van der Waals surface area contributed by atoms with Crippen LogP contribution in [0.2, 0.25) is 0 Å². The minimum atomic E-state index is -4.29. The maximum atomic E-state index is 13.3. The van der Waals surface area contributed by atoms with Crippen LogP contribution in [0.3, 0.4) is 0 Å². The highest BCUT2D eigenvalue weighted by Gasteiger charge is 2.28. The summed E-state index contributed by atoms with van der Waals surface area (Å²) in [6.07, 6.45) is 0. The molecule has 0 amide bonds. The van der Waals surface area contributed by atoms with Gasteiger partial charge in [-0.25, -0.2) is 18.9 Å². The van der Waals surface area contributed by atoms with E-state index in [2.05, 4.69) is 19.7 Å². The largest absolute Gasteiger partial charge is 0.475 e. The van der Waals surface area contributed by atoms with Crippen molar-refractivity contribution >= 4 is 42.4 Å². The first-order valence-corrected chi connectivity index (χ1v) is 14.9. The lowest BCUT2D eigenvalue weighted by molar-refractivity contribution is -0.137. The van der Waals surface area contributed by atoms with Gasteiger partial charge in [0.2, 0.25) is 0 Å². The average molecular weight is 621 g/mol. The Hall–Kier alpha value is -4.60. The predicted molar refractivity (Wildman–Crippen MR) is 165 cm³/mol. The molecule has 0 atom stereocenters. The Labute approximate surface area is 256 Å². The summed E-state index contributed by atoms with van der Waals surface area (Å²) in [5.74, 6) is -2.06. The second kappa shape index (κ2) is 17.5. The van der Waals surface area contributed by atoms with Crippen LogP contribution in [0, 0.1) is 0 Å². The third kappa shape index (κ3) is 10.9. The molecular formula is C33H33O10P. The van der Waals surface area contributed by atoms with Gasteiger partial charge < -0.3 is 14.2 Å². The number of hydrogen-bond donors (Lipinski definition) is 0. The smallest absolute Gasteiger partial charge is 0.460 e. The fourth-order valence-corrected chi connectivity index (χ4v) is 4.61. The SMILES string of the molecule is C=C(C(=O)OCCOP(=O)(OCCOC(=O)C(=C)c1ccccc1)OCCOC(=O)C(=C)c1ccccc1)c1ccccc1. The minimum absolute atomic E-state index is 0.138. The van der Waals surface area contributed by atoms with Crippen LogP contribution in [0.15, 0.2) is 111 Å². The quantitative estimate of drug-likeness (QED) is 0.0557. The molecule has 10 nitrogen and oxygen atoms in total. The third-order valence-electron chi connectivity index (χ3n) is 5.80. The molecule has 3 aromatic carbocycles. The number of rotatable bonds is 18. The third-order valence-corrected chi connectivity index (χ3v) is 7.30. The molecule has 3 rings (SSSR count). The van der Waals surface area contributed by atoms with Gasteiger partial charge in [-0.05, 0) is 16.7 Å². The molecule has 0 saturated heterocycles. The van der Waals surface area contributed by atoms with Gasteiger partial charge in [0.25, 0.3) is 0 Å². The molecule has 0 spiro atoms. The number of hydrogen-bond acceptors (Lipinski definition) is 10. The van der Waals surface area contributed by atoms with Gasteiger partial charge in [0.1, 0.15) is 19.8 Å². The van der Waals surface area contributed by atoms with Crippen LogP contribution in [-0.2, 0) is 46.7 Å². The van der Waals surface area contributed by atoms with Crippen LogP contribution in [-0.4, -0.2) is 57.5 Å². The maximum Gasteiger partial charge on any atom is 0.475 e. The molecule has 0 saturated carbocycles. The highest BCUT2D eigenvalue weighted by atomic mass is 31.2. The number of benzene rings is 3. The van der Waals surface area contributed by atoms with E-state index in [0.717, 1.165) is 0 Å². The fourth-order valence-electron chi connectivity index (χ4n) is 3.50. The molecule has 0 N–H and O–H groups in total. The van der Waals surface area contributed by atoms with Gasteiger partial charge in [0, 0.05) is 0 Å². The van der Waals surface area contributed by atoms with E-state index in [4.69, 9.17) is 27.8 Å². The summed E-state index contributed by atoms with van der Waals surface area (Å²) in [7, 11) is -4.29. The summed E-state index contributed by atoms with van der Waals surface area (Å²) in [6, 6.07) is 26.2. The van der Waals surface area contributed by atoms with Crippen LogP contribution in [0.25, 0.3) is 16.7 Å². The van der Waals surface area contributed by atoms with Crippen molar-refractivity contribution < 1.29 is 46.7 Å². The molecule has 0 bridgehead atoms. The molecular weight excluding hydrogens is 587 g/mol. The van der Waals surface area contributed by atoms with Crippen molar-refractivity contribution in [3.8, 4) is 0 Å². The first-order chi connectivity index (χ1) is 21.2. The summed E-state index contributed by atoms with van der Waals surface area (Å²) < 4.78 is 44.6. The number of carbonyl (C=O) groups excluding carboxylic acids is 3. The monoisotopic (exact) mass is 620 g/mol. The summed E-state index contributed by atoms with van der Waals surface area (Å²) in [4.78, 5) is 36.9. The van der Waals surface area contributed by atoms with Crippen molar-refractivity contribution in [1.29, 1.82) is 0 Å². The molecule has 0 aromatic heterocycles. The van der Waals surface area contributed by atoms with Crippen LogP contribution in [0.5, 0.6) is 0 Å². The zero-order valence-electron chi connectivity index (χ0n) is 24.1. The Morgan fingerprint density at radius 2 is 0.705 bits per heavy atom. The summed E-state index contributed by atoms with van der Waals surface area (Å²) in [6.45, 7) is 9.23. The fraction of sp³-hybridized carbons (Fsp3) is 0.182. The second-order valence-corrected chi connectivity index (χ2v) is 10.6. The van der Waals surface area contributed by atoms with Crippen molar-refractivity contribution in [1.82, 2.24) is 0 Å². The maximum absolute atomic E-state index is 13.3. The number of phosphoric ester groups is 1. The predicted octanol–water partition coefficient (Wildman–Crippen LogP) is 5.91. The van der Waals surface area contributed by atoms with Crippen molar-refractivity contribution in [2.24, 2.45) is 0 Å². The Morgan fingerprint density at radius 1 is 0.455 bits per heavy atom. The van der Waals surface area contributed by atoms with Gasteiger partial charge >= 0.3 is 25.7 Å². The lowest BCUT2D eigenvalue weighted by Crippen LogP contribution is -2.16. The van der Waals surface area contributed by atoms with Gasteiger partial charge in [-0.15, -0.1) is 0 Å². The summed E-state index contributed by atoms with van der Waals surface area (Å²) in [5.41, 5.74) is 2.18. The number of carbonyl (C=O) groups is 3. The first-order valence-electron chi connectivity index (χ1n) is 13.5. The molecule has 0 radical (unpaired) electrons. The molecule has 0 heterocycles. The molecule has 0 aliphatic rings. The molecule has 0 unspecified atom stereocenters. The summed E-state index contributed by atoms with van der Waals surface area (Å²) >= 11 is 0. The van der Waals surface area contributed by atoms with E-state index in [1.165, 1.54) is 0 Å². The van der Waals surface area contributed by atoms with Crippen molar-refractivity contribution in [2.45, 2.75) is 0 Å². The average Bonchev–Trinajstić information content (AvgIpc) is 3.07. The van der Waals surface area contributed by atoms with Crippen LogP contribution >= 0.6 is 7.82 Å². The van der Waals surface area contributed by atoms with Crippen LogP contribution in [0.4, 0.5) is 0 Å². The van der Waals surface area contributed by atoms with Crippen molar-refractivity contribution in [2.75, 3.05) is 39.6 Å². The van der Waals surface area contributed by atoms with Crippen LogP contribution < -0.4 is 0 Å². The highest BCUT2D eigenvalue weighted by molar-refractivity contribution is 7.48. The number of esters is 3. The topological polar surface area (TPSA) is 124 Å². The zero-order valence-corrected chi connectivity index (χ0v) is 24.9. The van der Waals surface area contributed by atoms with E-state index in [1.54, 1.807) is 91.0 Å². The Balaban J connectivity index is 1.49. The molecule has 44 heavy (non-hydrogen) atoms. The Kier molecular flexibility index (Phi) is 13.5. The molecule has 11 heteroatoms. The molecule has 0 aliphatic heterocycles. The molecule has 3 aromatic rings. The lowest BCUT2D eigenvalue weighted by atomic mass is 10.1. The van der Waals surface area contributed by atoms with Gasteiger partial charge in [-0.3, -0.25) is 13.6 Å². The lowest BCUT2D eigenvalue weighted by Gasteiger charge is -2.18. The van der Waals surface area contributed by atoms with Gasteiger partial charge in [0.15, 0.2) is 0 Å². The van der Waals surface area contributed by atoms with E-state index in [9.17, 15) is 18.9 Å². The van der Waals surface area contributed by atoms with Crippen molar-refractivity contribution in [3.05, 3.63) is 127 Å². The Bertz CT molecular complexity index is 1310. The van der Waals surface area contributed by atoms with Gasteiger partial charge in [0.05, 0.1) is 36.5 Å². The van der Waals surface area contributed by atoms with Crippen LogP contribution in [0.1, 0.15) is 16.7 Å². The van der Waals surface area contributed by atoms with E-state index in [-0.39, 0.29) is 56.4 Å². The normalized spacial score (nSPS) is 10.8. The molecule has 0 aliphatic carbocycles. The highest BCUT2D eigenvalue weighted by Crippen LogP contribution is 2.49. The molecule has 0 fully saturated rings. The van der Waals surface area contributed by atoms with Gasteiger partial charge in [-0.2, -0.15) is 0 Å². The number of ether oxygens (including phenoxy) is 3. The first kappa shape index (κ1) is 33.9. The number of phosphoric acid groups is 1. The Morgan fingerprint density at radius 3 is 0.955 bits per heavy atom. The van der Waals surface area contributed by atoms with E-state index in [0.29, 0.717) is 16.7 Å². The molecule has 230 valence electrons. The summed E-state index contributed by atoms with van der Waals surface area (Å²) in [5, 5.41) is 0. The van der Waals surface area contributed by atoms with E-state index in [1.807, 2.05) is 0 Å². The minimum Gasteiger partial charge on any atom is -0.460 e. The van der Waals surface area contributed by atoms with Gasteiger partial charge in [-0.1, -0.05) is 111 Å². The second-order valence-electron chi connectivity index (χ2n) is 8.89. The van der Waals surface area contributed by atoms with E-state index >= 15 is 0 Å². The standard InChI is InChI=1S/C33H33O10P/c1-25(28-13-7-4-8-14-28)31(34)38-19-22-41-44(37,42-23-20-39-32(35)26(2)29-15-9-5-10-16-29)43-24-21-40-33(36)27(3)30-17-11-6-12-18-30/h4-18H,1-3,19-24H2. The zero-order chi connectivity index (χ0) is 31.8. The van der Waals surface area contributed by atoms with Crippen molar-refractivity contribution in [3.63, 3.8) is 0 Å². The van der Waals surface area contributed by atoms with E-state index < -0.39 is 25.7 Å².